The average Bonchev–Trinajstić information content (AvgIpc) is 3.26. The van der Waals surface area contributed by atoms with Crippen LogP contribution in [0.5, 0.6) is 11.5 Å². The molecular weight excluding hydrogens is 488 g/mol. The smallest absolute Gasteiger partial charge is 0.340 e. The van der Waals surface area contributed by atoms with Crippen molar-refractivity contribution in [2.24, 2.45) is 0 Å². The lowest BCUT2D eigenvalue weighted by Crippen LogP contribution is -2.37. The van der Waals surface area contributed by atoms with Crippen LogP contribution in [0.3, 0.4) is 0 Å². The number of fused-ring (bicyclic) bond motifs is 6. The Bertz CT molecular complexity index is 1520. The summed E-state index contributed by atoms with van der Waals surface area (Å²) in [5.41, 5.74) is 4.70. The molecule has 1 spiro atoms. The molecule has 2 atom stereocenters. The molecule has 39 heavy (non-hydrogen) atoms. The number of hydrogen-bond acceptors (Lipinski definition) is 6. The highest BCUT2D eigenvalue weighted by atomic mass is 16.6. The monoisotopic (exact) mass is 520 g/mol. The van der Waals surface area contributed by atoms with Crippen LogP contribution in [-0.2, 0) is 15.1 Å². The molecule has 1 N–H and O–H groups in total. The summed E-state index contributed by atoms with van der Waals surface area (Å²) in [6.07, 6.45) is 0.814. The molecule has 198 valence electrons. The summed E-state index contributed by atoms with van der Waals surface area (Å²) in [6.45, 7) is 7.68. The Morgan fingerprint density at radius 1 is 0.821 bits per heavy atom. The van der Waals surface area contributed by atoms with Crippen molar-refractivity contribution >= 4 is 23.0 Å². The van der Waals surface area contributed by atoms with Gasteiger partial charge in [-0.15, -0.1) is 0 Å². The molecule has 0 amide bonds. The molecule has 2 unspecified atom stereocenters. The normalized spacial score (nSPS) is 17.5. The second kappa shape index (κ2) is 10.1. The first kappa shape index (κ1) is 25.0. The van der Waals surface area contributed by atoms with E-state index in [9.17, 15) is 4.79 Å². The molecular formula is C33H32N2O4. The SMILES string of the molecule is CCOC(CC)N(CC)c1ccc2c(c1)Oc1ccc(Nc3ccccc3)cc1C21OC(=O)c2ccccc21. The maximum Gasteiger partial charge on any atom is 0.340 e. The molecule has 0 aliphatic carbocycles. The van der Waals surface area contributed by atoms with Gasteiger partial charge in [-0.1, -0.05) is 43.3 Å². The second-order valence-electron chi connectivity index (χ2n) is 9.71. The van der Waals surface area contributed by atoms with Gasteiger partial charge < -0.3 is 24.4 Å². The molecule has 0 saturated carbocycles. The van der Waals surface area contributed by atoms with Crippen molar-refractivity contribution in [1.82, 2.24) is 0 Å². The van der Waals surface area contributed by atoms with E-state index >= 15 is 0 Å². The lowest BCUT2D eigenvalue weighted by molar-refractivity contribution is 0.0224. The highest BCUT2D eigenvalue weighted by Crippen LogP contribution is 2.57. The van der Waals surface area contributed by atoms with Crippen LogP contribution < -0.4 is 15.0 Å². The number of hydrogen-bond donors (Lipinski definition) is 1. The van der Waals surface area contributed by atoms with Gasteiger partial charge in [-0.05, 0) is 68.8 Å². The predicted molar refractivity (Wildman–Crippen MR) is 153 cm³/mol. The third kappa shape index (κ3) is 4.12. The molecule has 2 heterocycles. The third-order valence-electron chi connectivity index (χ3n) is 7.49. The second-order valence-corrected chi connectivity index (χ2v) is 9.71. The number of nitrogens with one attached hydrogen (secondary N) is 1. The first-order chi connectivity index (χ1) is 19.1. The van der Waals surface area contributed by atoms with Gasteiger partial charge in [0.25, 0.3) is 0 Å². The van der Waals surface area contributed by atoms with Crippen molar-refractivity contribution in [1.29, 1.82) is 0 Å². The fourth-order valence-electron chi connectivity index (χ4n) is 5.78. The largest absolute Gasteiger partial charge is 0.456 e. The van der Waals surface area contributed by atoms with E-state index in [2.05, 4.69) is 30.1 Å². The lowest BCUT2D eigenvalue weighted by Gasteiger charge is -2.38. The van der Waals surface area contributed by atoms with Crippen molar-refractivity contribution in [2.45, 2.75) is 39.0 Å². The minimum absolute atomic E-state index is 0.0421. The molecule has 6 heteroatoms. The summed E-state index contributed by atoms with van der Waals surface area (Å²) >= 11 is 0. The summed E-state index contributed by atoms with van der Waals surface area (Å²) in [5, 5.41) is 3.47. The zero-order valence-electron chi connectivity index (χ0n) is 22.4. The van der Waals surface area contributed by atoms with Crippen molar-refractivity contribution in [3.63, 3.8) is 0 Å². The van der Waals surface area contributed by atoms with Gasteiger partial charge in [0.1, 0.15) is 17.7 Å². The minimum atomic E-state index is -1.12. The number of benzene rings is 4. The topological polar surface area (TPSA) is 60.0 Å². The van der Waals surface area contributed by atoms with E-state index in [4.69, 9.17) is 14.2 Å². The number of anilines is 3. The minimum Gasteiger partial charge on any atom is -0.456 e. The van der Waals surface area contributed by atoms with Crippen LogP contribution in [0.2, 0.25) is 0 Å². The molecule has 2 aliphatic heterocycles. The van der Waals surface area contributed by atoms with E-state index in [0.29, 0.717) is 23.7 Å². The maximum atomic E-state index is 13.3. The Kier molecular flexibility index (Phi) is 6.49. The lowest BCUT2D eigenvalue weighted by atomic mass is 9.77. The molecule has 0 saturated heterocycles. The number of nitrogens with zero attached hydrogens (tertiary/aromatic N) is 1. The van der Waals surface area contributed by atoms with Crippen LogP contribution >= 0.6 is 0 Å². The molecule has 2 aliphatic rings. The summed E-state index contributed by atoms with van der Waals surface area (Å²) in [7, 11) is 0. The van der Waals surface area contributed by atoms with E-state index < -0.39 is 5.60 Å². The molecule has 0 fully saturated rings. The quantitative estimate of drug-likeness (QED) is 0.191. The fourth-order valence-corrected chi connectivity index (χ4v) is 5.78. The number of carbonyl (C=O) groups is 1. The summed E-state index contributed by atoms with van der Waals surface area (Å²) in [4.78, 5) is 15.5. The summed E-state index contributed by atoms with van der Waals surface area (Å²) in [6, 6.07) is 29.7. The van der Waals surface area contributed by atoms with Gasteiger partial charge in [0.2, 0.25) is 0 Å². The zero-order chi connectivity index (χ0) is 27.0. The Hall–Kier alpha value is -4.29. The van der Waals surface area contributed by atoms with E-state index in [1.165, 1.54) is 0 Å². The molecule has 4 aromatic carbocycles. The molecule has 0 aromatic heterocycles. The highest BCUT2D eigenvalue weighted by molar-refractivity contribution is 5.97. The van der Waals surface area contributed by atoms with Gasteiger partial charge in [0.15, 0.2) is 5.60 Å². The first-order valence-corrected chi connectivity index (χ1v) is 13.6. The first-order valence-electron chi connectivity index (χ1n) is 13.6. The van der Waals surface area contributed by atoms with Crippen molar-refractivity contribution in [3.05, 3.63) is 113 Å². The van der Waals surface area contributed by atoms with Crippen LogP contribution in [-0.4, -0.2) is 25.3 Å². The maximum absolute atomic E-state index is 13.3. The number of ether oxygens (including phenoxy) is 3. The highest BCUT2D eigenvalue weighted by Gasteiger charge is 2.53. The standard InChI is InChI=1S/C33H32N2O4/c1-4-31(37-6-3)35(5-2)24-17-18-27-30(21-24)38-29-19-16-23(34-22-12-8-7-9-13-22)20-28(29)33(27)26-15-11-10-14-25(26)32(36)39-33/h7-21,31,34H,4-6H2,1-3H3. The average molecular weight is 521 g/mol. The van der Waals surface area contributed by atoms with Crippen LogP contribution in [0.25, 0.3) is 0 Å². The Morgan fingerprint density at radius 2 is 1.62 bits per heavy atom. The predicted octanol–water partition coefficient (Wildman–Crippen LogP) is 7.60. The van der Waals surface area contributed by atoms with E-state index in [0.717, 1.165) is 46.7 Å². The van der Waals surface area contributed by atoms with Gasteiger partial charge in [0.05, 0.1) is 5.56 Å². The van der Waals surface area contributed by atoms with Gasteiger partial charge in [-0.25, -0.2) is 4.79 Å². The summed E-state index contributed by atoms with van der Waals surface area (Å²) < 4.78 is 18.9. The van der Waals surface area contributed by atoms with E-state index in [-0.39, 0.29) is 12.2 Å². The number of para-hydroxylation sites is 1. The Balaban J connectivity index is 1.51. The molecule has 0 bridgehead atoms. The van der Waals surface area contributed by atoms with Gasteiger partial charge in [-0.3, -0.25) is 0 Å². The fraction of sp³-hybridized carbons (Fsp3) is 0.242. The number of esters is 1. The number of rotatable bonds is 8. The Labute approximate surface area is 229 Å². The molecule has 6 rings (SSSR count). The molecule has 6 nitrogen and oxygen atoms in total. The van der Waals surface area contributed by atoms with Crippen molar-refractivity contribution < 1.29 is 19.0 Å². The zero-order valence-corrected chi connectivity index (χ0v) is 22.4. The van der Waals surface area contributed by atoms with Gasteiger partial charge in [0, 0.05) is 53.0 Å². The van der Waals surface area contributed by atoms with Crippen LogP contribution in [0.4, 0.5) is 17.1 Å². The van der Waals surface area contributed by atoms with Gasteiger partial charge in [-0.2, -0.15) is 0 Å². The third-order valence-corrected chi connectivity index (χ3v) is 7.49. The van der Waals surface area contributed by atoms with Crippen LogP contribution in [0.15, 0.2) is 91.0 Å². The van der Waals surface area contributed by atoms with E-state index in [1.807, 2.05) is 91.9 Å². The van der Waals surface area contributed by atoms with Crippen LogP contribution in [0, 0.1) is 0 Å². The van der Waals surface area contributed by atoms with Crippen LogP contribution in [0.1, 0.15) is 54.2 Å². The van der Waals surface area contributed by atoms with Gasteiger partial charge >= 0.3 is 5.97 Å². The molecule has 4 aromatic rings. The summed E-state index contributed by atoms with van der Waals surface area (Å²) in [5.74, 6) is 0.980. The molecule has 0 radical (unpaired) electrons. The van der Waals surface area contributed by atoms with Crippen molar-refractivity contribution in [3.8, 4) is 11.5 Å². The van der Waals surface area contributed by atoms with Crippen molar-refractivity contribution in [2.75, 3.05) is 23.4 Å². The van der Waals surface area contributed by atoms with E-state index in [1.54, 1.807) is 0 Å². The Morgan fingerprint density at radius 3 is 2.38 bits per heavy atom. The number of carbonyl (C=O) groups excluding carboxylic acids is 1.